The summed E-state index contributed by atoms with van der Waals surface area (Å²) in [7, 11) is 1.63. The van der Waals surface area contributed by atoms with E-state index in [1.807, 2.05) is 0 Å². The van der Waals surface area contributed by atoms with Gasteiger partial charge in [-0.25, -0.2) is 0 Å². The average molecular weight is 284 g/mol. The summed E-state index contributed by atoms with van der Waals surface area (Å²) in [6.07, 6.45) is 6.47. The topological polar surface area (TPSA) is 61.8 Å². The van der Waals surface area contributed by atoms with Gasteiger partial charge in [0, 0.05) is 25.6 Å². The molecule has 5 nitrogen and oxygen atoms in total. The largest absolute Gasteiger partial charge is 0.393 e. The Bertz CT molecular complexity index is 311. The third-order valence-corrected chi connectivity index (χ3v) is 4.67. The van der Waals surface area contributed by atoms with Gasteiger partial charge in [0.05, 0.1) is 19.3 Å². The molecule has 3 unspecified atom stereocenters. The predicted octanol–water partition coefficient (Wildman–Crippen LogP) is 0.765. The molecule has 5 heteroatoms. The molecule has 0 bridgehead atoms. The number of carbonyl (C=O) groups is 1. The summed E-state index contributed by atoms with van der Waals surface area (Å²) in [6.45, 7) is 2.56. The molecule has 1 aliphatic heterocycles. The highest BCUT2D eigenvalue weighted by atomic mass is 16.5. The van der Waals surface area contributed by atoms with Gasteiger partial charge < -0.3 is 15.2 Å². The minimum absolute atomic E-state index is 0.0687. The van der Waals surface area contributed by atoms with Crippen molar-refractivity contribution in [1.29, 1.82) is 0 Å². The van der Waals surface area contributed by atoms with Crippen molar-refractivity contribution in [3.8, 4) is 0 Å². The maximum atomic E-state index is 11.9. The van der Waals surface area contributed by atoms with Gasteiger partial charge in [-0.3, -0.25) is 9.69 Å². The number of amides is 1. The monoisotopic (exact) mass is 284 g/mol. The van der Waals surface area contributed by atoms with Crippen LogP contribution in [-0.4, -0.2) is 61.4 Å². The Morgan fingerprint density at radius 1 is 1.30 bits per heavy atom. The van der Waals surface area contributed by atoms with Crippen molar-refractivity contribution >= 4 is 5.91 Å². The number of methoxy groups -OCH3 is 1. The zero-order valence-electron chi connectivity index (χ0n) is 12.5. The van der Waals surface area contributed by atoms with Crippen LogP contribution < -0.4 is 5.32 Å². The number of nitrogens with zero attached hydrogens (tertiary/aromatic N) is 1. The van der Waals surface area contributed by atoms with Gasteiger partial charge in [0.25, 0.3) is 0 Å². The molecule has 2 rings (SSSR count). The molecule has 1 heterocycles. The van der Waals surface area contributed by atoms with Crippen LogP contribution in [0.3, 0.4) is 0 Å². The summed E-state index contributed by atoms with van der Waals surface area (Å²) < 4.78 is 4.93. The second kappa shape index (κ2) is 7.96. The minimum atomic E-state index is -0.175. The third kappa shape index (κ3) is 4.17. The van der Waals surface area contributed by atoms with Crippen LogP contribution in [-0.2, 0) is 9.53 Å². The molecular formula is C15H28N2O3. The maximum absolute atomic E-state index is 11.9. The smallest absolute Gasteiger partial charge is 0.234 e. The van der Waals surface area contributed by atoms with Crippen LogP contribution >= 0.6 is 0 Å². The SMILES string of the molecule is COCCNC(=O)CN1CCCC1C1CCCCC1O. The lowest BCUT2D eigenvalue weighted by molar-refractivity contribution is -0.123. The first-order chi connectivity index (χ1) is 9.72. The van der Waals surface area contributed by atoms with Crippen molar-refractivity contribution in [1.82, 2.24) is 10.2 Å². The van der Waals surface area contributed by atoms with E-state index in [1.54, 1.807) is 7.11 Å². The Morgan fingerprint density at radius 2 is 2.10 bits per heavy atom. The lowest BCUT2D eigenvalue weighted by atomic mass is 9.80. The Balaban J connectivity index is 1.82. The van der Waals surface area contributed by atoms with Gasteiger partial charge in [-0.05, 0) is 32.2 Å². The van der Waals surface area contributed by atoms with E-state index < -0.39 is 0 Å². The molecule has 0 aromatic rings. The van der Waals surface area contributed by atoms with E-state index in [9.17, 15) is 9.90 Å². The molecule has 1 saturated heterocycles. The first kappa shape index (κ1) is 15.7. The van der Waals surface area contributed by atoms with Crippen molar-refractivity contribution in [2.24, 2.45) is 5.92 Å². The summed E-state index contributed by atoms with van der Waals surface area (Å²) in [5, 5.41) is 13.1. The first-order valence-corrected chi connectivity index (χ1v) is 7.90. The lowest BCUT2D eigenvalue weighted by Crippen LogP contribution is -2.46. The molecule has 0 spiro atoms. The molecule has 20 heavy (non-hydrogen) atoms. The molecule has 2 fully saturated rings. The number of hydrogen-bond donors (Lipinski definition) is 2. The number of aliphatic hydroxyl groups is 1. The number of rotatable bonds is 6. The Morgan fingerprint density at radius 3 is 2.85 bits per heavy atom. The molecule has 116 valence electrons. The van der Waals surface area contributed by atoms with E-state index >= 15 is 0 Å². The lowest BCUT2D eigenvalue weighted by Gasteiger charge is -2.37. The molecule has 0 radical (unpaired) electrons. The molecule has 2 N–H and O–H groups in total. The van der Waals surface area contributed by atoms with Crippen molar-refractivity contribution in [3.05, 3.63) is 0 Å². The highest BCUT2D eigenvalue weighted by molar-refractivity contribution is 5.78. The predicted molar refractivity (Wildman–Crippen MR) is 77.4 cm³/mol. The second-order valence-corrected chi connectivity index (χ2v) is 6.04. The molecular weight excluding hydrogens is 256 g/mol. The van der Waals surface area contributed by atoms with E-state index in [0.717, 1.165) is 38.6 Å². The highest BCUT2D eigenvalue weighted by Crippen LogP contribution is 2.34. The number of ether oxygens (including phenoxy) is 1. The molecule has 1 saturated carbocycles. The zero-order valence-corrected chi connectivity index (χ0v) is 12.5. The first-order valence-electron chi connectivity index (χ1n) is 7.90. The van der Waals surface area contributed by atoms with E-state index in [-0.39, 0.29) is 12.0 Å². The maximum Gasteiger partial charge on any atom is 0.234 e. The molecule has 0 aromatic heterocycles. The average Bonchev–Trinajstić information content (AvgIpc) is 2.87. The van der Waals surface area contributed by atoms with Crippen LogP contribution in [0.4, 0.5) is 0 Å². The zero-order chi connectivity index (χ0) is 14.4. The van der Waals surface area contributed by atoms with Gasteiger partial charge in [-0.2, -0.15) is 0 Å². The molecule has 3 atom stereocenters. The summed E-state index contributed by atoms with van der Waals surface area (Å²) >= 11 is 0. The van der Waals surface area contributed by atoms with Gasteiger partial charge in [0.2, 0.25) is 5.91 Å². The fourth-order valence-corrected chi connectivity index (χ4v) is 3.65. The molecule has 1 aliphatic carbocycles. The number of nitrogens with one attached hydrogen (secondary N) is 1. The standard InChI is InChI=1S/C15H28N2O3/c1-20-10-8-16-15(19)11-17-9-4-6-13(17)12-5-2-3-7-14(12)18/h12-14,18H,2-11H2,1H3,(H,16,19). The highest BCUT2D eigenvalue weighted by Gasteiger charge is 2.37. The summed E-state index contributed by atoms with van der Waals surface area (Å²) in [5.41, 5.74) is 0. The van der Waals surface area contributed by atoms with E-state index in [1.165, 1.54) is 6.42 Å². The van der Waals surface area contributed by atoms with E-state index in [0.29, 0.717) is 31.7 Å². The second-order valence-electron chi connectivity index (χ2n) is 6.04. The van der Waals surface area contributed by atoms with Gasteiger partial charge in [0.15, 0.2) is 0 Å². The minimum Gasteiger partial charge on any atom is -0.393 e. The van der Waals surface area contributed by atoms with Crippen molar-refractivity contribution in [3.63, 3.8) is 0 Å². The van der Waals surface area contributed by atoms with Gasteiger partial charge in [-0.1, -0.05) is 12.8 Å². The van der Waals surface area contributed by atoms with Crippen LogP contribution in [0.25, 0.3) is 0 Å². The summed E-state index contributed by atoms with van der Waals surface area (Å²) in [6, 6.07) is 0.387. The van der Waals surface area contributed by atoms with Gasteiger partial charge >= 0.3 is 0 Å². The Labute approximate surface area is 121 Å². The normalized spacial score (nSPS) is 31.4. The Kier molecular flexibility index (Phi) is 6.26. The fraction of sp³-hybridized carbons (Fsp3) is 0.933. The van der Waals surface area contributed by atoms with Gasteiger partial charge in [0.1, 0.15) is 0 Å². The van der Waals surface area contributed by atoms with E-state index in [4.69, 9.17) is 4.74 Å². The number of likely N-dealkylation sites (tertiary alicyclic amines) is 1. The molecule has 1 amide bonds. The van der Waals surface area contributed by atoms with Crippen molar-refractivity contribution < 1.29 is 14.6 Å². The van der Waals surface area contributed by atoms with E-state index in [2.05, 4.69) is 10.2 Å². The summed E-state index contributed by atoms with van der Waals surface area (Å²) in [5.74, 6) is 0.428. The van der Waals surface area contributed by atoms with Crippen molar-refractivity contribution in [2.75, 3.05) is 33.4 Å². The van der Waals surface area contributed by atoms with Crippen LogP contribution in [0.1, 0.15) is 38.5 Å². The number of carbonyl (C=O) groups excluding carboxylic acids is 1. The van der Waals surface area contributed by atoms with Crippen LogP contribution in [0, 0.1) is 5.92 Å². The quantitative estimate of drug-likeness (QED) is 0.707. The van der Waals surface area contributed by atoms with Crippen LogP contribution in [0.2, 0.25) is 0 Å². The van der Waals surface area contributed by atoms with Crippen molar-refractivity contribution in [2.45, 2.75) is 50.7 Å². The van der Waals surface area contributed by atoms with Crippen LogP contribution in [0.15, 0.2) is 0 Å². The fourth-order valence-electron chi connectivity index (χ4n) is 3.65. The molecule has 0 aromatic carbocycles. The molecule has 2 aliphatic rings. The number of hydrogen-bond acceptors (Lipinski definition) is 4. The Hall–Kier alpha value is -0.650. The number of aliphatic hydroxyl groups excluding tert-OH is 1. The summed E-state index contributed by atoms with van der Waals surface area (Å²) in [4.78, 5) is 14.2. The van der Waals surface area contributed by atoms with Gasteiger partial charge in [-0.15, -0.1) is 0 Å². The van der Waals surface area contributed by atoms with Crippen LogP contribution in [0.5, 0.6) is 0 Å². The third-order valence-electron chi connectivity index (χ3n) is 4.67.